The van der Waals surface area contributed by atoms with Gasteiger partial charge in [-0.3, -0.25) is 14.4 Å². The number of hydrogen-bond acceptors (Lipinski definition) is 3. The highest BCUT2D eigenvalue weighted by molar-refractivity contribution is 6.35. The van der Waals surface area contributed by atoms with Gasteiger partial charge in [-0.1, -0.05) is 29.8 Å². The van der Waals surface area contributed by atoms with E-state index in [1.165, 1.54) is 4.90 Å². The molecular weight excluding hydrogens is 306 g/mol. The van der Waals surface area contributed by atoms with Crippen molar-refractivity contribution < 1.29 is 14.4 Å². The van der Waals surface area contributed by atoms with Gasteiger partial charge in [-0.2, -0.15) is 0 Å². The highest BCUT2D eigenvalue weighted by Crippen LogP contribution is 2.12. The van der Waals surface area contributed by atoms with Gasteiger partial charge in [0, 0.05) is 32.7 Å². The van der Waals surface area contributed by atoms with Crippen LogP contribution in [0.3, 0.4) is 0 Å². The molecule has 0 unspecified atom stereocenters. The first-order valence-corrected chi connectivity index (χ1v) is 8.37. The van der Waals surface area contributed by atoms with Crippen LogP contribution in [0.15, 0.2) is 24.3 Å². The third-order valence-corrected chi connectivity index (χ3v) is 4.33. The molecule has 0 aromatic heterocycles. The van der Waals surface area contributed by atoms with E-state index in [-0.39, 0.29) is 12.5 Å². The summed E-state index contributed by atoms with van der Waals surface area (Å²) in [6.45, 7) is 8.24. The monoisotopic (exact) mass is 331 g/mol. The lowest BCUT2D eigenvalue weighted by molar-refractivity contribution is -0.158. The molecule has 6 nitrogen and oxygen atoms in total. The third-order valence-electron chi connectivity index (χ3n) is 4.33. The second-order valence-corrected chi connectivity index (χ2v) is 6.01. The minimum Gasteiger partial charge on any atom is -0.342 e. The molecule has 6 heteroatoms. The summed E-state index contributed by atoms with van der Waals surface area (Å²) in [7, 11) is 0. The molecule has 1 aromatic carbocycles. The van der Waals surface area contributed by atoms with Gasteiger partial charge >= 0.3 is 11.8 Å². The van der Waals surface area contributed by atoms with Crippen LogP contribution in [0, 0.1) is 6.92 Å². The van der Waals surface area contributed by atoms with Crippen LogP contribution in [0.25, 0.3) is 0 Å². The van der Waals surface area contributed by atoms with Gasteiger partial charge in [0.25, 0.3) is 0 Å². The molecule has 1 aliphatic heterocycles. The van der Waals surface area contributed by atoms with Crippen molar-refractivity contribution in [3.63, 3.8) is 0 Å². The molecule has 0 saturated carbocycles. The molecule has 1 aromatic rings. The Kier molecular flexibility index (Phi) is 5.95. The second kappa shape index (κ2) is 7.95. The van der Waals surface area contributed by atoms with E-state index in [1.807, 2.05) is 45.0 Å². The summed E-state index contributed by atoms with van der Waals surface area (Å²) in [5.74, 6) is -1.24. The number of aryl methyl sites for hydroxylation is 1. The maximum Gasteiger partial charge on any atom is 0.312 e. The number of amides is 3. The minimum absolute atomic E-state index is 0.0232. The molecule has 0 N–H and O–H groups in total. The van der Waals surface area contributed by atoms with Crippen molar-refractivity contribution in [1.82, 2.24) is 14.7 Å². The first-order chi connectivity index (χ1) is 11.5. The van der Waals surface area contributed by atoms with E-state index in [4.69, 9.17) is 0 Å². The Hall–Kier alpha value is -2.37. The van der Waals surface area contributed by atoms with Gasteiger partial charge in [0.1, 0.15) is 6.54 Å². The van der Waals surface area contributed by atoms with Gasteiger partial charge in [0.05, 0.1) is 0 Å². The van der Waals surface area contributed by atoms with Crippen molar-refractivity contribution in [2.24, 2.45) is 0 Å². The Morgan fingerprint density at radius 3 is 2.12 bits per heavy atom. The van der Waals surface area contributed by atoms with Gasteiger partial charge < -0.3 is 14.7 Å². The van der Waals surface area contributed by atoms with E-state index >= 15 is 0 Å². The summed E-state index contributed by atoms with van der Waals surface area (Å²) < 4.78 is 0. The predicted molar refractivity (Wildman–Crippen MR) is 91.1 cm³/mol. The summed E-state index contributed by atoms with van der Waals surface area (Å²) in [6, 6.07) is 7.90. The molecule has 2 rings (SSSR count). The van der Waals surface area contributed by atoms with Gasteiger partial charge in [-0.05, 0) is 26.3 Å². The average molecular weight is 331 g/mol. The van der Waals surface area contributed by atoms with Crippen LogP contribution < -0.4 is 0 Å². The van der Waals surface area contributed by atoms with Crippen LogP contribution in [0.4, 0.5) is 0 Å². The predicted octanol–water partition coefficient (Wildman–Crippen LogP) is 1.03. The molecule has 1 saturated heterocycles. The van der Waals surface area contributed by atoms with Crippen LogP contribution in [0.5, 0.6) is 0 Å². The number of carbonyl (C=O) groups excluding carboxylic acids is 3. The van der Waals surface area contributed by atoms with Crippen molar-refractivity contribution in [3.8, 4) is 0 Å². The number of carbonyl (C=O) groups is 3. The Morgan fingerprint density at radius 1 is 1.00 bits per heavy atom. The highest BCUT2D eigenvalue weighted by atomic mass is 16.2. The molecule has 130 valence electrons. The van der Waals surface area contributed by atoms with Crippen molar-refractivity contribution in [2.75, 3.05) is 32.7 Å². The fourth-order valence-corrected chi connectivity index (χ4v) is 2.77. The maximum atomic E-state index is 12.3. The van der Waals surface area contributed by atoms with Gasteiger partial charge in [-0.15, -0.1) is 0 Å². The van der Waals surface area contributed by atoms with E-state index in [0.29, 0.717) is 32.7 Å². The first kappa shape index (κ1) is 18.0. The van der Waals surface area contributed by atoms with E-state index in [0.717, 1.165) is 11.1 Å². The van der Waals surface area contributed by atoms with Crippen LogP contribution in [0.2, 0.25) is 0 Å². The van der Waals surface area contributed by atoms with Crippen LogP contribution >= 0.6 is 0 Å². The number of nitrogens with zero attached hydrogens (tertiary/aromatic N) is 3. The Bertz CT molecular complexity index is 608. The van der Waals surface area contributed by atoms with Crippen molar-refractivity contribution in [2.45, 2.75) is 27.3 Å². The standard InChI is InChI=1S/C18H25N3O3/c1-4-19(5-2)16(22)13-21-11-10-20(17(23)18(21)24)12-15-8-6-14(3)7-9-15/h6-9H,4-5,10-13H2,1-3H3. The number of benzene rings is 1. The molecule has 1 aliphatic rings. The zero-order valence-corrected chi connectivity index (χ0v) is 14.6. The number of piperazine rings is 1. The summed E-state index contributed by atoms with van der Waals surface area (Å²) >= 11 is 0. The molecule has 24 heavy (non-hydrogen) atoms. The topological polar surface area (TPSA) is 60.9 Å². The lowest BCUT2D eigenvalue weighted by atomic mass is 10.1. The summed E-state index contributed by atoms with van der Waals surface area (Å²) in [5, 5.41) is 0. The molecular formula is C18H25N3O3. The molecule has 1 fully saturated rings. The summed E-state index contributed by atoms with van der Waals surface area (Å²) in [4.78, 5) is 41.3. The molecule has 0 aliphatic carbocycles. The van der Waals surface area contributed by atoms with Crippen molar-refractivity contribution >= 4 is 17.7 Å². The molecule has 1 heterocycles. The van der Waals surface area contributed by atoms with Crippen LogP contribution in [-0.2, 0) is 20.9 Å². The zero-order valence-electron chi connectivity index (χ0n) is 14.6. The van der Waals surface area contributed by atoms with Crippen molar-refractivity contribution in [3.05, 3.63) is 35.4 Å². The van der Waals surface area contributed by atoms with Crippen molar-refractivity contribution in [1.29, 1.82) is 0 Å². The van der Waals surface area contributed by atoms with E-state index in [2.05, 4.69) is 0 Å². The van der Waals surface area contributed by atoms with Gasteiger partial charge in [0.15, 0.2) is 0 Å². The van der Waals surface area contributed by atoms with Gasteiger partial charge in [-0.25, -0.2) is 0 Å². The summed E-state index contributed by atoms with van der Waals surface area (Å²) in [6.07, 6.45) is 0. The quantitative estimate of drug-likeness (QED) is 0.732. The van der Waals surface area contributed by atoms with Crippen LogP contribution in [-0.4, -0.2) is 65.1 Å². The van der Waals surface area contributed by atoms with E-state index in [9.17, 15) is 14.4 Å². The summed E-state index contributed by atoms with van der Waals surface area (Å²) in [5.41, 5.74) is 2.15. The SMILES string of the molecule is CCN(CC)C(=O)CN1CCN(Cc2ccc(C)cc2)C(=O)C1=O. The minimum atomic E-state index is -0.589. The molecule has 0 bridgehead atoms. The number of hydrogen-bond donors (Lipinski definition) is 0. The maximum absolute atomic E-state index is 12.3. The van der Waals surface area contributed by atoms with Crippen LogP contribution in [0.1, 0.15) is 25.0 Å². The largest absolute Gasteiger partial charge is 0.342 e. The number of rotatable bonds is 6. The highest BCUT2D eigenvalue weighted by Gasteiger charge is 2.33. The fraction of sp³-hybridized carbons (Fsp3) is 0.500. The molecule has 0 radical (unpaired) electrons. The Labute approximate surface area is 143 Å². The van der Waals surface area contributed by atoms with E-state index in [1.54, 1.807) is 9.80 Å². The Balaban J connectivity index is 1.96. The lowest BCUT2D eigenvalue weighted by Gasteiger charge is -2.34. The third kappa shape index (κ3) is 4.13. The molecule has 3 amide bonds. The number of likely N-dealkylation sites (N-methyl/N-ethyl adjacent to an activating group) is 1. The lowest BCUT2D eigenvalue weighted by Crippen LogP contribution is -2.56. The fourth-order valence-electron chi connectivity index (χ4n) is 2.77. The smallest absolute Gasteiger partial charge is 0.312 e. The molecule has 0 spiro atoms. The van der Waals surface area contributed by atoms with E-state index < -0.39 is 11.8 Å². The molecule has 0 atom stereocenters. The zero-order chi connectivity index (χ0) is 17.7. The second-order valence-electron chi connectivity index (χ2n) is 6.01. The first-order valence-electron chi connectivity index (χ1n) is 8.37. The normalized spacial score (nSPS) is 15.0. The van der Waals surface area contributed by atoms with Gasteiger partial charge in [0.2, 0.25) is 5.91 Å². The Morgan fingerprint density at radius 2 is 1.54 bits per heavy atom. The average Bonchev–Trinajstić information content (AvgIpc) is 2.57.